The quantitative estimate of drug-likeness (QED) is 0.814. The number of pyridine rings is 1. The molecule has 1 aliphatic rings. The van der Waals surface area contributed by atoms with Gasteiger partial charge in [-0.25, -0.2) is 0 Å². The first-order valence-corrected chi connectivity index (χ1v) is 5.34. The summed E-state index contributed by atoms with van der Waals surface area (Å²) in [6, 6.07) is 5.82. The van der Waals surface area contributed by atoms with Gasteiger partial charge in [-0.05, 0) is 31.1 Å². The molecule has 1 unspecified atom stereocenters. The number of hydrogen-bond donors (Lipinski definition) is 1. The van der Waals surface area contributed by atoms with Crippen LogP contribution in [-0.4, -0.2) is 17.6 Å². The molecule has 1 atom stereocenters. The van der Waals surface area contributed by atoms with Gasteiger partial charge in [0.1, 0.15) is 5.76 Å². The normalized spacial score (nSPS) is 17.8. The Morgan fingerprint density at radius 2 is 2.40 bits per heavy atom. The molecule has 0 bridgehead atoms. The zero-order chi connectivity index (χ0) is 10.5. The molecule has 0 saturated carbocycles. The van der Waals surface area contributed by atoms with Gasteiger partial charge in [0.05, 0.1) is 12.6 Å². The van der Waals surface area contributed by atoms with Crippen molar-refractivity contribution in [1.82, 2.24) is 4.98 Å². The lowest BCUT2D eigenvalue weighted by Gasteiger charge is -2.20. The van der Waals surface area contributed by atoms with E-state index in [4.69, 9.17) is 10.5 Å². The molecule has 0 fully saturated rings. The van der Waals surface area contributed by atoms with E-state index in [2.05, 4.69) is 11.1 Å². The van der Waals surface area contributed by atoms with Crippen LogP contribution in [0, 0.1) is 0 Å². The van der Waals surface area contributed by atoms with Crippen LogP contribution >= 0.6 is 0 Å². The van der Waals surface area contributed by atoms with Crippen molar-refractivity contribution in [1.29, 1.82) is 0 Å². The van der Waals surface area contributed by atoms with Crippen LogP contribution in [0.4, 0.5) is 0 Å². The minimum absolute atomic E-state index is 0.0554. The fourth-order valence-corrected chi connectivity index (χ4v) is 1.68. The first-order chi connectivity index (χ1) is 7.36. The van der Waals surface area contributed by atoms with Crippen LogP contribution in [0.2, 0.25) is 0 Å². The van der Waals surface area contributed by atoms with E-state index < -0.39 is 0 Å². The Morgan fingerprint density at radius 3 is 3.07 bits per heavy atom. The number of rotatable bonds is 3. The fourth-order valence-electron chi connectivity index (χ4n) is 1.68. The molecule has 0 spiro atoms. The van der Waals surface area contributed by atoms with E-state index in [1.165, 1.54) is 0 Å². The molecular formula is C12H16N2O. The van der Waals surface area contributed by atoms with Gasteiger partial charge < -0.3 is 10.5 Å². The number of nitrogens with two attached hydrogens (primary N) is 1. The topological polar surface area (TPSA) is 48.1 Å². The smallest absolute Gasteiger partial charge is 0.109 e. The zero-order valence-corrected chi connectivity index (χ0v) is 8.73. The Kier molecular flexibility index (Phi) is 3.35. The van der Waals surface area contributed by atoms with Crippen LogP contribution in [0.15, 0.2) is 36.2 Å². The molecule has 1 aliphatic heterocycles. The van der Waals surface area contributed by atoms with E-state index in [-0.39, 0.29) is 6.04 Å². The molecule has 0 saturated heterocycles. The predicted octanol–water partition coefficient (Wildman–Crippen LogP) is 1.65. The highest BCUT2D eigenvalue weighted by molar-refractivity contribution is 5.12. The second-order valence-corrected chi connectivity index (χ2v) is 3.73. The van der Waals surface area contributed by atoms with Gasteiger partial charge in [-0.1, -0.05) is 6.07 Å². The van der Waals surface area contributed by atoms with Crippen molar-refractivity contribution >= 4 is 0 Å². The van der Waals surface area contributed by atoms with Gasteiger partial charge in [0, 0.05) is 18.3 Å². The number of allylic oxidation sites excluding steroid dienone is 1. The third-order valence-electron chi connectivity index (χ3n) is 2.48. The van der Waals surface area contributed by atoms with Crippen LogP contribution in [0.3, 0.4) is 0 Å². The average molecular weight is 204 g/mol. The summed E-state index contributed by atoms with van der Waals surface area (Å²) < 4.78 is 5.52. The van der Waals surface area contributed by atoms with Crippen molar-refractivity contribution in [2.45, 2.75) is 25.3 Å². The Hall–Kier alpha value is -1.35. The highest BCUT2D eigenvalue weighted by Crippen LogP contribution is 2.14. The largest absolute Gasteiger partial charge is 0.497 e. The van der Waals surface area contributed by atoms with Crippen LogP contribution in [0.1, 0.15) is 18.5 Å². The molecule has 3 heteroatoms. The van der Waals surface area contributed by atoms with Gasteiger partial charge >= 0.3 is 0 Å². The summed E-state index contributed by atoms with van der Waals surface area (Å²) in [6.07, 6.45) is 6.80. The lowest BCUT2D eigenvalue weighted by Crippen LogP contribution is -2.28. The van der Waals surface area contributed by atoms with Gasteiger partial charge in [-0.3, -0.25) is 4.98 Å². The third-order valence-corrected chi connectivity index (χ3v) is 2.48. The summed E-state index contributed by atoms with van der Waals surface area (Å²) in [5, 5.41) is 0. The molecule has 1 aromatic rings. The third kappa shape index (κ3) is 2.80. The van der Waals surface area contributed by atoms with Gasteiger partial charge in [-0.15, -0.1) is 0 Å². The van der Waals surface area contributed by atoms with Crippen LogP contribution in [0.5, 0.6) is 0 Å². The minimum Gasteiger partial charge on any atom is -0.497 e. The molecule has 2 heterocycles. The molecule has 0 aromatic carbocycles. The summed E-state index contributed by atoms with van der Waals surface area (Å²) in [4.78, 5) is 4.25. The maximum absolute atomic E-state index is 6.05. The Bertz CT molecular complexity index is 335. The van der Waals surface area contributed by atoms with E-state index in [9.17, 15) is 0 Å². The molecular weight excluding hydrogens is 188 g/mol. The van der Waals surface area contributed by atoms with Crippen LogP contribution < -0.4 is 5.73 Å². The van der Waals surface area contributed by atoms with Gasteiger partial charge in [0.25, 0.3) is 0 Å². The highest BCUT2D eigenvalue weighted by Gasteiger charge is 2.14. The Balaban J connectivity index is 1.97. The van der Waals surface area contributed by atoms with E-state index in [1.54, 1.807) is 6.20 Å². The SMILES string of the molecule is NC(Cc1ccccn1)C1=CCCCO1. The number of nitrogens with zero attached hydrogens (tertiary/aromatic N) is 1. The maximum Gasteiger partial charge on any atom is 0.109 e. The molecule has 0 aliphatic carbocycles. The molecule has 0 radical (unpaired) electrons. The lowest BCUT2D eigenvalue weighted by molar-refractivity contribution is 0.175. The minimum atomic E-state index is -0.0554. The second kappa shape index (κ2) is 4.94. The summed E-state index contributed by atoms with van der Waals surface area (Å²) in [5.41, 5.74) is 7.06. The second-order valence-electron chi connectivity index (χ2n) is 3.73. The van der Waals surface area contributed by atoms with Crippen molar-refractivity contribution in [3.8, 4) is 0 Å². The van der Waals surface area contributed by atoms with Gasteiger partial charge in [-0.2, -0.15) is 0 Å². The number of aromatic nitrogens is 1. The monoisotopic (exact) mass is 204 g/mol. The standard InChI is InChI=1S/C12H16N2O/c13-11(12-6-2-4-8-15-12)9-10-5-1-3-7-14-10/h1,3,5-7,11H,2,4,8-9,13H2. The molecule has 80 valence electrons. The average Bonchev–Trinajstić information content (AvgIpc) is 2.31. The zero-order valence-electron chi connectivity index (χ0n) is 8.73. The van der Waals surface area contributed by atoms with Gasteiger partial charge in [0.2, 0.25) is 0 Å². The Morgan fingerprint density at radius 1 is 1.47 bits per heavy atom. The molecule has 0 amide bonds. The van der Waals surface area contributed by atoms with Crippen LogP contribution in [0.25, 0.3) is 0 Å². The first-order valence-electron chi connectivity index (χ1n) is 5.34. The van der Waals surface area contributed by atoms with Crippen molar-refractivity contribution < 1.29 is 4.74 Å². The van der Waals surface area contributed by atoms with Crippen molar-refractivity contribution in [2.75, 3.05) is 6.61 Å². The van der Waals surface area contributed by atoms with Crippen molar-refractivity contribution in [3.05, 3.63) is 41.9 Å². The van der Waals surface area contributed by atoms with Crippen LogP contribution in [-0.2, 0) is 11.2 Å². The summed E-state index contributed by atoms with van der Waals surface area (Å²) in [7, 11) is 0. The van der Waals surface area contributed by atoms with E-state index in [0.29, 0.717) is 0 Å². The first kappa shape index (κ1) is 10.2. The van der Waals surface area contributed by atoms with Gasteiger partial charge in [0.15, 0.2) is 0 Å². The van der Waals surface area contributed by atoms with Crippen molar-refractivity contribution in [2.24, 2.45) is 5.73 Å². The molecule has 2 rings (SSSR count). The Labute approximate surface area is 90.0 Å². The lowest BCUT2D eigenvalue weighted by atomic mass is 10.1. The predicted molar refractivity (Wildman–Crippen MR) is 59.2 cm³/mol. The van der Waals surface area contributed by atoms with Crippen molar-refractivity contribution in [3.63, 3.8) is 0 Å². The van der Waals surface area contributed by atoms with E-state index in [1.807, 2.05) is 18.2 Å². The summed E-state index contributed by atoms with van der Waals surface area (Å²) in [5.74, 6) is 0.923. The molecule has 15 heavy (non-hydrogen) atoms. The maximum atomic E-state index is 6.05. The van der Waals surface area contributed by atoms with E-state index >= 15 is 0 Å². The molecule has 3 nitrogen and oxygen atoms in total. The number of ether oxygens (including phenoxy) is 1. The summed E-state index contributed by atoms with van der Waals surface area (Å²) in [6.45, 7) is 0.793. The highest BCUT2D eigenvalue weighted by atomic mass is 16.5. The molecule has 2 N–H and O–H groups in total. The fraction of sp³-hybridized carbons (Fsp3) is 0.417. The van der Waals surface area contributed by atoms with E-state index in [0.717, 1.165) is 37.3 Å². The number of hydrogen-bond acceptors (Lipinski definition) is 3. The molecule has 1 aromatic heterocycles. The summed E-state index contributed by atoms with van der Waals surface area (Å²) >= 11 is 0.